The van der Waals surface area contributed by atoms with Gasteiger partial charge in [-0.2, -0.15) is 0 Å². The normalized spacial score (nSPS) is 16.0. The Hall–Kier alpha value is -4.62. The summed E-state index contributed by atoms with van der Waals surface area (Å²) in [5.41, 5.74) is 13.8. The molecule has 1 nitrogen and oxygen atoms in total. The van der Waals surface area contributed by atoms with E-state index in [1.807, 2.05) is 0 Å². The van der Waals surface area contributed by atoms with E-state index in [4.69, 9.17) is 0 Å². The number of hydrogen-bond donors (Lipinski definition) is 0. The van der Waals surface area contributed by atoms with Crippen LogP contribution < -0.4 is 0 Å². The highest BCUT2D eigenvalue weighted by Gasteiger charge is 2.40. The fourth-order valence-corrected chi connectivity index (χ4v) is 9.29. The Balaban J connectivity index is 1.57. The molecule has 1 heteroatoms. The maximum absolute atomic E-state index is 2.58. The van der Waals surface area contributed by atoms with Crippen molar-refractivity contribution in [3.05, 3.63) is 119 Å². The number of nitrogens with zero attached hydrogens (tertiary/aromatic N) is 1. The van der Waals surface area contributed by atoms with Crippen molar-refractivity contribution in [1.82, 2.24) is 4.57 Å². The highest BCUT2D eigenvalue weighted by atomic mass is 15.0. The Morgan fingerprint density at radius 1 is 0.488 bits per heavy atom. The van der Waals surface area contributed by atoms with E-state index in [9.17, 15) is 0 Å². The van der Waals surface area contributed by atoms with Gasteiger partial charge in [-0.1, -0.05) is 94.4 Å². The summed E-state index contributed by atoms with van der Waals surface area (Å²) in [5, 5.41) is 11.3. The zero-order chi connectivity index (χ0) is 29.0. The van der Waals surface area contributed by atoms with Crippen molar-refractivity contribution in [2.75, 3.05) is 0 Å². The number of benzene rings is 7. The third-order valence-electron chi connectivity index (χ3n) is 11.3. The summed E-state index contributed by atoms with van der Waals surface area (Å²) in [5.74, 6) is 0. The summed E-state index contributed by atoms with van der Waals surface area (Å²) >= 11 is 0. The number of aryl methyl sites for hydroxylation is 1. The molecule has 0 atom stereocenters. The lowest BCUT2D eigenvalue weighted by Crippen LogP contribution is -2.26. The molecule has 1 heterocycles. The van der Waals surface area contributed by atoms with E-state index in [-0.39, 0.29) is 10.8 Å². The molecule has 0 aliphatic heterocycles. The molecule has 0 saturated carbocycles. The number of hydrogen-bond acceptors (Lipinski definition) is 0. The Morgan fingerprint density at radius 3 is 1.72 bits per heavy atom. The zero-order valence-corrected chi connectivity index (χ0v) is 25.4. The van der Waals surface area contributed by atoms with Crippen LogP contribution in [-0.2, 0) is 17.4 Å². The molecule has 206 valence electrons. The first-order valence-corrected chi connectivity index (χ1v) is 15.8. The van der Waals surface area contributed by atoms with Gasteiger partial charge in [-0.3, -0.25) is 0 Å². The van der Waals surface area contributed by atoms with E-state index < -0.39 is 0 Å². The van der Waals surface area contributed by atoms with Crippen LogP contribution in [0.5, 0.6) is 0 Å². The first-order valence-electron chi connectivity index (χ1n) is 15.8. The summed E-state index contributed by atoms with van der Waals surface area (Å²) in [6, 6.07) is 37.4. The summed E-state index contributed by atoms with van der Waals surface area (Å²) in [7, 11) is 0. The molecule has 2 aliphatic rings. The predicted molar refractivity (Wildman–Crippen MR) is 184 cm³/mol. The van der Waals surface area contributed by atoms with Crippen LogP contribution in [0.25, 0.3) is 76.4 Å². The van der Waals surface area contributed by atoms with Crippen LogP contribution in [0.4, 0.5) is 0 Å². The maximum atomic E-state index is 2.58. The lowest BCUT2D eigenvalue weighted by atomic mass is 9.63. The number of aromatic nitrogens is 1. The van der Waals surface area contributed by atoms with Gasteiger partial charge in [0.2, 0.25) is 0 Å². The van der Waals surface area contributed by atoms with E-state index in [1.54, 1.807) is 0 Å². The van der Waals surface area contributed by atoms with Crippen molar-refractivity contribution < 1.29 is 0 Å². The van der Waals surface area contributed by atoms with Gasteiger partial charge < -0.3 is 4.57 Å². The average molecular weight is 552 g/mol. The minimum absolute atomic E-state index is 0.109. The first kappa shape index (κ1) is 23.9. The van der Waals surface area contributed by atoms with Gasteiger partial charge in [0.1, 0.15) is 0 Å². The van der Waals surface area contributed by atoms with Crippen molar-refractivity contribution in [3.8, 4) is 22.3 Å². The molecule has 0 bridgehead atoms. The van der Waals surface area contributed by atoms with Crippen LogP contribution in [0.2, 0.25) is 0 Å². The third-order valence-corrected chi connectivity index (χ3v) is 11.3. The van der Waals surface area contributed by atoms with Crippen LogP contribution in [0.15, 0.2) is 97.1 Å². The number of fused-ring (bicyclic) bond motifs is 8. The first-order chi connectivity index (χ1) is 20.8. The second-order valence-electron chi connectivity index (χ2n) is 14.0. The fourth-order valence-electron chi connectivity index (χ4n) is 9.29. The van der Waals surface area contributed by atoms with Crippen LogP contribution in [-0.4, -0.2) is 4.57 Å². The van der Waals surface area contributed by atoms with Crippen molar-refractivity contribution in [2.24, 2.45) is 0 Å². The second kappa shape index (κ2) is 7.47. The van der Waals surface area contributed by atoms with Gasteiger partial charge in [-0.15, -0.1) is 0 Å². The summed E-state index contributed by atoms with van der Waals surface area (Å²) in [6.07, 6.45) is 0. The van der Waals surface area contributed by atoms with E-state index in [0.29, 0.717) is 0 Å². The molecular formula is C42H33N. The van der Waals surface area contributed by atoms with Crippen molar-refractivity contribution in [2.45, 2.75) is 52.0 Å². The third kappa shape index (κ3) is 2.59. The molecule has 1 aromatic heterocycles. The Bertz CT molecular complexity index is 2500. The highest BCUT2D eigenvalue weighted by Crippen LogP contribution is 2.59. The SMILES string of the molecule is CCn1c2ccccc2c2cc3cc4c5c(cc6c7c(cc(c3c57)c21)C(C)(C)c1ccccc1-6)-c1ccccc1C4(C)C. The second-order valence-corrected chi connectivity index (χ2v) is 14.0. The van der Waals surface area contributed by atoms with Crippen molar-refractivity contribution in [1.29, 1.82) is 0 Å². The van der Waals surface area contributed by atoms with Gasteiger partial charge in [0.25, 0.3) is 0 Å². The van der Waals surface area contributed by atoms with Crippen LogP contribution >= 0.6 is 0 Å². The molecule has 43 heavy (non-hydrogen) atoms. The topological polar surface area (TPSA) is 4.93 Å². The van der Waals surface area contributed by atoms with Crippen LogP contribution in [0.1, 0.15) is 56.9 Å². The molecule has 0 fully saturated rings. The van der Waals surface area contributed by atoms with Crippen molar-refractivity contribution >= 4 is 54.1 Å². The lowest BCUT2D eigenvalue weighted by molar-refractivity contribution is 0.644. The van der Waals surface area contributed by atoms with E-state index in [2.05, 4.69) is 136 Å². The molecule has 0 spiro atoms. The molecule has 0 saturated heterocycles. The molecular weight excluding hydrogens is 518 g/mol. The fraction of sp³-hybridized carbons (Fsp3) is 0.190. The summed E-state index contributed by atoms with van der Waals surface area (Å²) < 4.78 is 2.56. The summed E-state index contributed by atoms with van der Waals surface area (Å²) in [6.45, 7) is 13.0. The molecule has 0 radical (unpaired) electrons. The average Bonchev–Trinajstić information content (AvgIpc) is 3.35. The van der Waals surface area contributed by atoms with Crippen molar-refractivity contribution in [3.63, 3.8) is 0 Å². The van der Waals surface area contributed by atoms with E-state index in [0.717, 1.165) is 6.54 Å². The number of para-hydroxylation sites is 1. The Labute approximate surface area is 251 Å². The molecule has 10 rings (SSSR count). The quantitative estimate of drug-likeness (QED) is 0.179. The van der Waals surface area contributed by atoms with Gasteiger partial charge >= 0.3 is 0 Å². The van der Waals surface area contributed by atoms with Gasteiger partial charge in [0.05, 0.1) is 5.52 Å². The molecule has 0 unspecified atom stereocenters. The standard InChI is InChI=1S/C42H33N/c1-6-43-35-18-12-9-15-26(35)29-19-23-20-33-37-27(24-13-7-10-16-31(24)41(33,2)3)21-28-25-14-8-11-17-32(25)42(4,5)34-22-30(40(29)43)36(23)39(37)38(28)34/h7-22H,6H2,1-5H3. The van der Waals surface area contributed by atoms with Gasteiger partial charge in [-0.25, -0.2) is 0 Å². The van der Waals surface area contributed by atoms with Gasteiger partial charge in [0.15, 0.2) is 0 Å². The minimum Gasteiger partial charge on any atom is -0.340 e. The smallest absolute Gasteiger partial charge is 0.0571 e. The maximum Gasteiger partial charge on any atom is 0.0571 e. The van der Waals surface area contributed by atoms with E-state index >= 15 is 0 Å². The molecule has 0 amide bonds. The highest BCUT2D eigenvalue weighted by molar-refractivity contribution is 6.36. The van der Waals surface area contributed by atoms with Gasteiger partial charge in [0, 0.05) is 39.1 Å². The monoisotopic (exact) mass is 551 g/mol. The Kier molecular flexibility index (Phi) is 4.15. The molecule has 2 aliphatic carbocycles. The predicted octanol–water partition coefficient (Wildman–Crippen LogP) is 11.3. The zero-order valence-electron chi connectivity index (χ0n) is 25.4. The lowest BCUT2D eigenvalue weighted by Gasteiger charge is -2.40. The summed E-state index contributed by atoms with van der Waals surface area (Å²) in [4.78, 5) is 0. The molecule has 8 aromatic rings. The van der Waals surface area contributed by atoms with Crippen LogP contribution in [0.3, 0.4) is 0 Å². The largest absolute Gasteiger partial charge is 0.340 e. The van der Waals surface area contributed by atoms with E-state index in [1.165, 1.54) is 98.6 Å². The molecule has 0 N–H and O–H groups in total. The van der Waals surface area contributed by atoms with Gasteiger partial charge in [-0.05, 0) is 109 Å². The van der Waals surface area contributed by atoms with Crippen LogP contribution in [0, 0.1) is 0 Å². The molecule has 7 aromatic carbocycles. The Morgan fingerprint density at radius 2 is 1.07 bits per heavy atom. The number of rotatable bonds is 1. The minimum atomic E-state index is -0.124.